The molecule has 2 amide bonds. The quantitative estimate of drug-likeness (QED) is 0.597. The Morgan fingerprint density at radius 1 is 1.16 bits per heavy atom. The monoisotopic (exact) mass is 432 g/mol. The fraction of sp³-hybridized carbons (Fsp3) is 0.333. The van der Waals surface area contributed by atoms with Crippen molar-refractivity contribution in [3.05, 3.63) is 76.2 Å². The number of carbonyl (C=O) groups excluding carboxylic acids is 2. The fourth-order valence-corrected chi connectivity index (χ4v) is 4.02. The van der Waals surface area contributed by atoms with Gasteiger partial charge in [-0.3, -0.25) is 14.3 Å². The van der Waals surface area contributed by atoms with E-state index in [0.29, 0.717) is 37.4 Å². The first kappa shape index (κ1) is 21.5. The highest BCUT2D eigenvalue weighted by atomic mass is 16.2. The molecule has 1 aromatic carbocycles. The minimum Gasteiger partial charge on any atom is -0.384 e. The average molecular weight is 433 g/mol. The number of aromatic nitrogens is 3. The summed E-state index contributed by atoms with van der Waals surface area (Å²) in [5.74, 6) is 0.529. The molecule has 0 atom stereocenters. The van der Waals surface area contributed by atoms with Crippen LogP contribution in [0.15, 0.2) is 42.7 Å². The van der Waals surface area contributed by atoms with Crippen LogP contribution in [0, 0.1) is 13.8 Å². The maximum atomic E-state index is 12.6. The standard InChI is InChI=1S/C24H28N6O2/c1-16-10-22(25)28-17(2)21(16)12-26-24(32)20-11-27-30(15-20)14-19-7-5-18(6-8-19)13-29-9-3-4-23(29)31/h5-8,10-11,15H,3-4,9,12-14H2,1-2H3,(H2,25,28)(H,26,32). The van der Waals surface area contributed by atoms with Crippen LogP contribution < -0.4 is 11.1 Å². The van der Waals surface area contributed by atoms with Gasteiger partial charge in [-0.05, 0) is 48.6 Å². The van der Waals surface area contributed by atoms with Gasteiger partial charge in [0.1, 0.15) is 5.82 Å². The maximum Gasteiger partial charge on any atom is 0.254 e. The Kier molecular flexibility index (Phi) is 6.20. The molecule has 1 aliphatic rings. The smallest absolute Gasteiger partial charge is 0.254 e. The topological polar surface area (TPSA) is 106 Å². The number of hydrogen-bond acceptors (Lipinski definition) is 5. The van der Waals surface area contributed by atoms with Crippen molar-refractivity contribution in [1.82, 2.24) is 25.0 Å². The predicted molar refractivity (Wildman–Crippen MR) is 122 cm³/mol. The molecule has 0 unspecified atom stereocenters. The Morgan fingerprint density at radius 2 is 1.88 bits per heavy atom. The molecule has 1 aliphatic heterocycles. The molecule has 166 valence electrons. The van der Waals surface area contributed by atoms with Gasteiger partial charge in [0.2, 0.25) is 5.91 Å². The molecule has 2 aromatic heterocycles. The molecule has 4 rings (SSSR count). The average Bonchev–Trinajstić information content (AvgIpc) is 3.38. The zero-order chi connectivity index (χ0) is 22.7. The minimum absolute atomic E-state index is 0.183. The lowest BCUT2D eigenvalue weighted by Crippen LogP contribution is -2.23. The second-order valence-corrected chi connectivity index (χ2v) is 8.27. The van der Waals surface area contributed by atoms with E-state index in [-0.39, 0.29) is 11.8 Å². The normalized spacial score (nSPS) is 13.6. The van der Waals surface area contributed by atoms with E-state index in [2.05, 4.69) is 15.4 Å². The summed E-state index contributed by atoms with van der Waals surface area (Å²) >= 11 is 0. The number of hydrogen-bond donors (Lipinski definition) is 2. The van der Waals surface area contributed by atoms with Gasteiger partial charge in [-0.2, -0.15) is 5.10 Å². The van der Waals surface area contributed by atoms with E-state index in [1.807, 2.05) is 43.0 Å². The molecule has 1 saturated heterocycles. The van der Waals surface area contributed by atoms with Gasteiger partial charge in [0.25, 0.3) is 5.91 Å². The van der Waals surface area contributed by atoms with Crippen molar-refractivity contribution >= 4 is 17.6 Å². The number of nitrogens with zero attached hydrogens (tertiary/aromatic N) is 4. The molecule has 3 N–H and O–H groups in total. The van der Waals surface area contributed by atoms with Crippen LogP contribution in [0.4, 0.5) is 5.82 Å². The van der Waals surface area contributed by atoms with Crippen LogP contribution in [0.3, 0.4) is 0 Å². The summed E-state index contributed by atoms with van der Waals surface area (Å²) in [5, 5.41) is 7.26. The first-order chi connectivity index (χ1) is 15.4. The highest BCUT2D eigenvalue weighted by molar-refractivity contribution is 5.93. The van der Waals surface area contributed by atoms with E-state index in [0.717, 1.165) is 40.9 Å². The molecule has 0 spiro atoms. The number of pyridine rings is 1. The van der Waals surface area contributed by atoms with E-state index >= 15 is 0 Å². The number of nitrogen functional groups attached to an aromatic ring is 1. The number of rotatable bonds is 7. The zero-order valence-corrected chi connectivity index (χ0v) is 18.5. The highest BCUT2D eigenvalue weighted by Crippen LogP contribution is 2.16. The second-order valence-electron chi connectivity index (χ2n) is 8.27. The minimum atomic E-state index is -0.183. The Morgan fingerprint density at radius 3 is 2.53 bits per heavy atom. The largest absolute Gasteiger partial charge is 0.384 e. The number of amides is 2. The SMILES string of the molecule is Cc1cc(N)nc(C)c1CNC(=O)c1cnn(Cc2ccc(CN3CCCC3=O)cc2)c1. The maximum absolute atomic E-state index is 12.6. The third kappa shape index (κ3) is 4.96. The lowest BCUT2D eigenvalue weighted by molar-refractivity contribution is -0.128. The van der Waals surface area contributed by atoms with Crippen molar-refractivity contribution < 1.29 is 9.59 Å². The molecule has 0 aliphatic carbocycles. The summed E-state index contributed by atoms with van der Waals surface area (Å²) in [7, 11) is 0. The van der Waals surface area contributed by atoms with Crippen LogP contribution in [0.5, 0.6) is 0 Å². The van der Waals surface area contributed by atoms with Crippen LogP contribution in [-0.4, -0.2) is 38.0 Å². The summed E-state index contributed by atoms with van der Waals surface area (Å²) in [4.78, 5) is 30.5. The summed E-state index contributed by atoms with van der Waals surface area (Å²) in [6.45, 7) is 6.29. The lowest BCUT2D eigenvalue weighted by Gasteiger charge is -2.15. The van der Waals surface area contributed by atoms with Crippen molar-refractivity contribution in [1.29, 1.82) is 0 Å². The molecule has 0 saturated carbocycles. The van der Waals surface area contributed by atoms with E-state index in [1.165, 1.54) is 0 Å². The lowest BCUT2D eigenvalue weighted by atomic mass is 10.1. The molecular formula is C24H28N6O2. The third-order valence-corrected chi connectivity index (χ3v) is 5.81. The highest BCUT2D eigenvalue weighted by Gasteiger charge is 2.19. The van der Waals surface area contributed by atoms with Crippen molar-refractivity contribution in [2.24, 2.45) is 0 Å². The number of anilines is 1. The molecule has 0 radical (unpaired) electrons. The van der Waals surface area contributed by atoms with Crippen LogP contribution in [0.1, 0.15) is 51.1 Å². The second kappa shape index (κ2) is 9.21. The fourth-order valence-electron chi connectivity index (χ4n) is 4.02. The number of aryl methyl sites for hydroxylation is 2. The first-order valence-electron chi connectivity index (χ1n) is 10.8. The Hall–Kier alpha value is -3.68. The zero-order valence-electron chi connectivity index (χ0n) is 18.5. The van der Waals surface area contributed by atoms with Crippen molar-refractivity contribution in [2.45, 2.75) is 46.3 Å². The molecular weight excluding hydrogens is 404 g/mol. The Bertz CT molecular complexity index is 1110. The molecule has 0 bridgehead atoms. The molecule has 8 heteroatoms. The number of benzene rings is 1. The third-order valence-electron chi connectivity index (χ3n) is 5.81. The van der Waals surface area contributed by atoms with Crippen molar-refractivity contribution in [3.8, 4) is 0 Å². The summed E-state index contributed by atoms with van der Waals surface area (Å²) < 4.78 is 1.75. The molecule has 32 heavy (non-hydrogen) atoms. The van der Waals surface area contributed by atoms with Gasteiger partial charge in [0, 0.05) is 37.9 Å². The first-order valence-corrected chi connectivity index (χ1v) is 10.8. The number of carbonyl (C=O) groups is 2. The van der Waals surface area contributed by atoms with Gasteiger partial charge in [0.05, 0.1) is 18.3 Å². The van der Waals surface area contributed by atoms with Crippen LogP contribution in [-0.2, 0) is 24.4 Å². The summed E-state index contributed by atoms with van der Waals surface area (Å²) in [6, 6.07) is 9.97. The summed E-state index contributed by atoms with van der Waals surface area (Å²) in [6.07, 6.45) is 4.92. The molecule has 8 nitrogen and oxygen atoms in total. The van der Waals surface area contributed by atoms with E-state index in [1.54, 1.807) is 23.1 Å². The number of nitrogens with one attached hydrogen (secondary N) is 1. The van der Waals surface area contributed by atoms with E-state index in [4.69, 9.17) is 5.73 Å². The van der Waals surface area contributed by atoms with Crippen molar-refractivity contribution in [2.75, 3.05) is 12.3 Å². The summed E-state index contributed by atoms with van der Waals surface area (Å²) in [5.41, 5.74) is 11.3. The van der Waals surface area contributed by atoms with Gasteiger partial charge in [-0.1, -0.05) is 24.3 Å². The number of nitrogens with two attached hydrogens (primary N) is 1. The van der Waals surface area contributed by atoms with Crippen molar-refractivity contribution in [3.63, 3.8) is 0 Å². The predicted octanol–water partition coefficient (Wildman–Crippen LogP) is 2.58. The Balaban J connectivity index is 1.33. The molecule has 3 aromatic rings. The van der Waals surface area contributed by atoms with Gasteiger partial charge >= 0.3 is 0 Å². The van der Waals surface area contributed by atoms with Gasteiger partial charge in [-0.25, -0.2) is 4.98 Å². The Labute approximate surface area is 187 Å². The van der Waals surface area contributed by atoms with Gasteiger partial charge in [0.15, 0.2) is 0 Å². The van der Waals surface area contributed by atoms with Crippen LogP contribution in [0.25, 0.3) is 0 Å². The molecule has 3 heterocycles. The van der Waals surface area contributed by atoms with Gasteiger partial charge in [-0.15, -0.1) is 0 Å². The van der Waals surface area contributed by atoms with E-state index < -0.39 is 0 Å². The van der Waals surface area contributed by atoms with Gasteiger partial charge < -0.3 is 16.0 Å². The number of likely N-dealkylation sites (tertiary alicyclic amines) is 1. The molecule has 1 fully saturated rings. The van der Waals surface area contributed by atoms with Crippen LogP contribution >= 0.6 is 0 Å². The van der Waals surface area contributed by atoms with Crippen LogP contribution in [0.2, 0.25) is 0 Å². The van der Waals surface area contributed by atoms with E-state index in [9.17, 15) is 9.59 Å².